The van der Waals surface area contributed by atoms with Crippen molar-refractivity contribution in [1.29, 1.82) is 0 Å². The van der Waals surface area contributed by atoms with Crippen LogP contribution >= 0.6 is 11.6 Å². The van der Waals surface area contributed by atoms with Gasteiger partial charge in [-0.15, -0.1) is 0 Å². The molecule has 200 valence electrons. The number of likely N-dealkylation sites (tertiary alicyclic amines) is 1. The highest BCUT2D eigenvalue weighted by Gasteiger charge is 2.34. The van der Waals surface area contributed by atoms with Crippen LogP contribution in [0.3, 0.4) is 0 Å². The minimum Gasteiger partial charge on any atom is -0.438 e. The average Bonchev–Trinajstić information content (AvgIpc) is 3.06. The summed E-state index contributed by atoms with van der Waals surface area (Å²) in [6.45, 7) is 2.41. The van der Waals surface area contributed by atoms with E-state index in [4.69, 9.17) is 16.3 Å². The number of benzene rings is 2. The van der Waals surface area contributed by atoms with Gasteiger partial charge >= 0.3 is 0 Å². The molecule has 0 aliphatic carbocycles. The number of rotatable bonds is 6. The molecule has 7 nitrogen and oxygen atoms in total. The fourth-order valence-electron chi connectivity index (χ4n) is 5.16. The molecule has 2 aromatic carbocycles. The van der Waals surface area contributed by atoms with Gasteiger partial charge in [-0.3, -0.25) is 0 Å². The summed E-state index contributed by atoms with van der Waals surface area (Å²) in [4.78, 5) is 7.04. The van der Waals surface area contributed by atoms with Crippen molar-refractivity contribution >= 4 is 27.2 Å². The molecule has 0 atom stereocenters. The predicted molar refractivity (Wildman–Crippen MR) is 149 cm³/mol. The molecular weight excluding hydrogens is 522 g/mol. The van der Waals surface area contributed by atoms with E-state index in [0.717, 1.165) is 42.8 Å². The first kappa shape index (κ1) is 26.8. The highest BCUT2D eigenvalue weighted by atomic mass is 35.5. The number of aromatic nitrogens is 1. The normalized spacial score (nSPS) is 18.5. The van der Waals surface area contributed by atoms with Gasteiger partial charge in [0.05, 0.1) is 10.5 Å². The van der Waals surface area contributed by atoms with Crippen LogP contribution in [0.4, 0.5) is 0 Å². The summed E-state index contributed by atoms with van der Waals surface area (Å²) in [5.41, 5.74) is 2.57. The molecule has 0 saturated carbocycles. The van der Waals surface area contributed by atoms with Crippen LogP contribution in [0.5, 0.6) is 11.6 Å². The van der Waals surface area contributed by atoms with Crippen LogP contribution in [-0.2, 0) is 22.0 Å². The highest BCUT2D eigenvalue weighted by Crippen LogP contribution is 2.41. The van der Waals surface area contributed by atoms with E-state index in [1.807, 2.05) is 36.4 Å². The molecule has 9 heteroatoms. The standard InChI is InChI=1S/C29H32ClN3O4S/c1-32(2)38(35,36)27-9-3-8-26-25(27)20-21(24-7-4-16-31-28(24)37-26)6-5-17-33-18-14-29(34,15-19-33)22-10-12-23(30)13-11-22/h3-4,6-13,16,34H,5,14-15,17-20H2,1-2H3/b21-6-. The van der Waals surface area contributed by atoms with E-state index >= 15 is 0 Å². The Kier molecular flexibility index (Phi) is 7.62. The van der Waals surface area contributed by atoms with E-state index in [0.29, 0.717) is 41.5 Å². The highest BCUT2D eigenvalue weighted by molar-refractivity contribution is 7.89. The van der Waals surface area contributed by atoms with Crippen molar-refractivity contribution in [3.63, 3.8) is 0 Å². The quantitative estimate of drug-likeness (QED) is 0.458. The van der Waals surface area contributed by atoms with Gasteiger partial charge in [0, 0.05) is 62.5 Å². The van der Waals surface area contributed by atoms with Crippen LogP contribution in [0.25, 0.3) is 5.57 Å². The van der Waals surface area contributed by atoms with Gasteiger partial charge in [0.15, 0.2) is 0 Å². The zero-order chi connectivity index (χ0) is 26.9. The summed E-state index contributed by atoms with van der Waals surface area (Å²) >= 11 is 6.02. The predicted octanol–water partition coefficient (Wildman–Crippen LogP) is 5.09. The van der Waals surface area contributed by atoms with Crippen molar-refractivity contribution in [2.75, 3.05) is 33.7 Å². The molecule has 1 N–H and O–H groups in total. The van der Waals surface area contributed by atoms with Crippen LogP contribution in [-0.4, -0.2) is 61.4 Å². The lowest BCUT2D eigenvalue weighted by atomic mass is 9.84. The van der Waals surface area contributed by atoms with Crippen molar-refractivity contribution in [3.8, 4) is 11.6 Å². The van der Waals surface area contributed by atoms with E-state index in [1.54, 1.807) is 24.4 Å². The number of hydrogen-bond acceptors (Lipinski definition) is 6. The Labute approximate surface area is 229 Å². The first-order chi connectivity index (χ1) is 18.2. The number of ether oxygens (including phenoxy) is 1. The van der Waals surface area contributed by atoms with Crippen LogP contribution in [0.1, 0.15) is 36.0 Å². The molecule has 2 aliphatic heterocycles. The number of nitrogens with zero attached hydrogens (tertiary/aromatic N) is 3. The molecule has 0 amide bonds. The molecule has 3 aromatic rings. The van der Waals surface area contributed by atoms with Crippen LogP contribution in [0, 0.1) is 0 Å². The maximum atomic E-state index is 13.1. The molecule has 1 fully saturated rings. The Morgan fingerprint density at radius 2 is 1.84 bits per heavy atom. The van der Waals surface area contributed by atoms with Gasteiger partial charge in [-0.2, -0.15) is 0 Å². The Balaban J connectivity index is 1.34. The minimum absolute atomic E-state index is 0.247. The van der Waals surface area contributed by atoms with Crippen molar-refractivity contribution in [2.24, 2.45) is 0 Å². The molecule has 0 radical (unpaired) electrons. The number of aliphatic hydroxyl groups is 1. The Morgan fingerprint density at radius 3 is 2.55 bits per heavy atom. The summed E-state index contributed by atoms with van der Waals surface area (Å²) < 4.78 is 33.5. The van der Waals surface area contributed by atoms with E-state index in [9.17, 15) is 13.5 Å². The summed E-state index contributed by atoms with van der Waals surface area (Å²) in [6, 6.07) is 16.4. The third-order valence-corrected chi connectivity index (χ3v) is 9.59. The Morgan fingerprint density at radius 1 is 1.11 bits per heavy atom. The number of sulfonamides is 1. The lowest BCUT2D eigenvalue weighted by molar-refractivity contribution is -0.0254. The van der Waals surface area contributed by atoms with E-state index < -0.39 is 15.6 Å². The van der Waals surface area contributed by atoms with Crippen molar-refractivity contribution in [2.45, 2.75) is 36.2 Å². The van der Waals surface area contributed by atoms with Crippen molar-refractivity contribution < 1.29 is 18.3 Å². The smallest absolute Gasteiger partial charge is 0.242 e. The number of piperidine rings is 1. The molecule has 0 unspecified atom stereocenters. The number of halogens is 1. The van der Waals surface area contributed by atoms with Gasteiger partial charge in [0.25, 0.3) is 0 Å². The maximum absolute atomic E-state index is 13.1. The van der Waals surface area contributed by atoms with Gasteiger partial charge in [-0.25, -0.2) is 17.7 Å². The zero-order valence-electron chi connectivity index (χ0n) is 21.6. The average molecular weight is 554 g/mol. The molecular formula is C29H32ClN3O4S. The lowest BCUT2D eigenvalue weighted by Gasteiger charge is -2.38. The summed E-state index contributed by atoms with van der Waals surface area (Å²) in [5.74, 6) is 0.983. The largest absolute Gasteiger partial charge is 0.438 e. The van der Waals surface area contributed by atoms with E-state index in [1.165, 1.54) is 18.4 Å². The summed E-state index contributed by atoms with van der Waals surface area (Å²) in [6.07, 6.45) is 6.36. The van der Waals surface area contributed by atoms with Crippen LogP contribution in [0.2, 0.25) is 5.02 Å². The second-order valence-corrected chi connectivity index (χ2v) is 12.6. The van der Waals surface area contributed by atoms with Crippen molar-refractivity contribution in [3.05, 3.63) is 88.6 Å². The van der Waals surface area contributed by atoms with Gasteiger partial charge in [0.1, 0.15) is 5.75 Å². The first-order valence-electron chi connectivity index (χ1n) is 12.7. The molecule has 3 heterocycles. The minimum atomic E-state index is -3.65. The van der Waals surface area contributed by atoms with Gasteiger partial charge in [-0.05, 0) is 66.8 Å². The molecule has 38 heavy (non-hydrogen) atoms. The van der Waals surface area contributed by atoms with Crippen molar-refractivity contribution in [1.82, 2.24) is 14.2 Å². The monoisotopic (exact) mass is 553 g/mol. The number of allylic oxidation sites excluding steroid dienone is 1. The SMILES string of the molecule is CN(C)S(=O)(=O)c1cccc2c1C/C(=C/CCN1CCC(O)(c3ccc(Cl)cc3)CC1)c1cccnc1O2. The Bertz CT molecular complexity index is 1450. The van der Waals surface area contributed by atoms with Gasteiger partial charge in [0.2, 0.25) is 15.9 Å². The number of hydrogen-bond donors (Lipinski definition) is 1. The second-order valence-electron chi connectivity index (χ2n) is 10.1. The summed E-state index contributed by atoms with van der Waals surface area (Å²) in [7, 11) is -0.586. The molecule has 1 saturated heterocycles. The fraction of sp³-hybridized carbons (Fsp3) is 0.345. The number of fused-ring (bicyclic) bond motifs is 2. The molecule has 2 aliphatic rings. The molecule has 5 rings (SSSR count). The number of pyridine rings is 1. The first-order valence-corrected chi connectivity index (χ1v) is 14.6. The van der Waals surface area contributed by atoms with E-state index in [2.05, 4.69) is 16.0 Å². The molecule has 1 aromatic heterocycles. The topological polar surface area (TPSA) is 83.0 Å². The van der Waals surface area contributed by atoms with Crippen LogP contribution < -0.4 is 4.74 Å². The van der Waals surface area contributed by atoms with E-state index in [-0.39, 0.29) is 4.90 Å². The third-order valence-electron chi connectivity index (χ3n) is 7.44. The molecule has 0 spiro atoms. The fourth-order valence-corrected chi connectivity index (χ4v) is 6.41. The van der Waals surface area contributed by atoms with Crippen LogP contribution in [0.15, 0.2) is 71.8 Å². The summed E-state index contributed by atoms with van der Waals surface area (Å²) in [5, 5.41) is 11.9. The van der Waals surface area contributed by atoms with Gasteiger partial charge in [-0.1, -0.05) is 35.9 Å². The second kappa shape index (κ2) is 10.8. The third kappa shape index (κ3) is 5.37. The maximum Gasteiger partial charge on any atom is 0.242 e. The molecule has 0 bridgehead atoms. The zero-order valence-corrected chi connectivity index (χ0v) is 23.2. The van der Waals surface area contributed by atoms with Gasteiger partial charge < -0.3 is 14.7 Å². The Hall–Kier alpha value is -2.75. The lowest BCUT2D eigenvalue weighted by Crippen LogP contribution is -2.42.